The fraction of sp³-hybridized carbons (Fsp3) is 0.500. The Hall–Kier alpha value is -3.52. The van der Waals surface area contributed by atoms with Gasteiger partial charge < -0.3 is 14.8 Å². The average Bonchev–Trinajstić information content (AvgIpc) is 3.43. The third-order valence-electron chi connectivity index (χ3n) is 7.28. The van der Waals surface area contributed by atoms with Crippen molar-refractivity contribution in [3.8, 4) is 17.0 Å². The highest BCUT2D eigenvalue weighted by Gasteiger charge is 2.36. The molecule has 1 N–H and O–H groups in total. The topological polar surface area (TPSA) is 94.6 Å². The highest BCUT2D eigenvalue weighted by Crippen LogP contribution is 2.36. The van der Waals surface area contributed by atoms with E-state index in [0.29, 0.717) is 42.8 Å². The number of rotatable bonds is 7. The zero-order chi connectivity index (χ0) is 26.6. The van der Waals surface area contributed by atoms with E-state index in [0.717, 1.165) is 4.68 Å². The van der Waals surface area contributed by atoms with Gasteiger partial charge in [0.1, 0.15) is 23.2 Å². The summed E-state index contributed by atoms with van der Waals surface area (Å²) in [5.41, 5.74) is 1.50. The zero-order valence-electron chi connectivity index (χ0n) is 20.7. The van der Waals surface area contributed by atoms with E-state index in [-0.39, 0.29) is 35.5 Å². The molecule has 3 aromatic heterocycles. The molecule has 2 saturated heterocycles. The third kappa shape index (κ3) is 4.21. The molecule has 10 nitrogen and oxygen atoms in total. The fourth-order valence-electron chi connectivity index (χ4n) is 5.02. The van der Waals surface area contributed by atoms with Crippen molar-refractivity contribution >= 4 is 22.5 Å². The second kappa shape index (κ2) is 9.66. The van der Waals surface area contributed by atoms with E-state index in [2.05, 4.69) is 30.6 Å². The van der Waals surface area contributed by atoms with Crippen LogP contribution in [-0.4, -0.2) is 92.6 Å². The third-order valence-corrected chi connectivity index (χ3v) is 7.28. The fourth-order valence-corrected chi connectivity index (χ4v) is 5.02. The monoisotopic (exact) mass is 534 g/mol. The lowest BCUT2D eigenvalue weighted by Gasteiger charge is -2.42. The van der Waals surface area contributed by atoms with Crippen molar-refractivity contribution < 1.29 is 27.0 Å². The Morgan fingerprint density at radius 3 is 2.74 bits per heavy atom. The number of alkyl halides is 3. The number of fused-ring (bicyclic) bond motifs is 2. The summed E-state index contributed by atoms with van der Waals surface area (Å²) in [6.45, 7) is 3.58. The summed E-state index contributed by atoms with van der Waals surface area (Å²) < 4.78 is 70.1. The minimum atomic E-state index is -2.65. The summed E-state index contributed by atoms with van der Waals surface area (Å²) in [5.74, 6) is -0.435. The number of benzene rings is 1. The second-order valence-electron chi connectivity index (χ2n) is 9.64. The van der Waals surface area contributed by atoms with Crippen LogP contribution in [0, 0.1) is 5.82 Å². The molecule has 0 aliphatic carbocycles. The maximum Gasteiger partial charge on any atom is 0.260 e. The van der Waals surface area contributed by atoms with Crippen molar-refractivity contribution in [2.45, 2.75) is 44.1 Å². The van der Waals surface area contributed by atoms with Crippen LogP contribution in [0.4, 0.5) is 23.5 Å². The number of ether oxygens (including phenoxy) is 2. The first-order chi connectivity index (χ1) is 18.3. The van der Waals surface area contributed by atoms with Gasteiger partial charge in [-0.25, -0.2) is 26.8 Å². The molecule has 38 heavy (non-hydrogen) atoms. The van der Waals surface area contributed by atoms with Crippen molar-refractivity contribution in [3.05, 3.63) is 30.2 Å². The van der Waals surface area contributed by atoms with Gasteiger partial charge in [0.2, 0.25) is 11.8 Å². The first-order valence-electron chi connectivity index (χ1n) is 12.3. The number of hydrogen-bond donors (Lipinski definition) is 1. The first-order valence-corrected chi connectivity index (χ1v) is 12.3. The van der Waals surface area contributed by atoms with Crippen molar-refractivity contribution in [2.24, 2.45) is 0 Å². The average molecular weight is 535 g/mol. The van der Waals surface area contributed by atoms with Gasteiger partial charge in [-0.3, -0.25) is 4.90 Å². The molecule has 2 fully saturated rings. The number of hydrogen-bond acceptors (Lipinski definition) is 8. The molecule has 6 rings (SSSR count). The second-order valence-corrected chi connectivity index (χ2v) is 9.64. The molecular formula is C24H26F4N8O2. The summed E-state index contributed by atoms with van der Waals surface area (Å²) in [6.07, 6.45) is -2.08. The number of nitrogens with zero attached hydrogens (tertiary/aromatic N) is 7. The van der Waals surface area contributed by atoms with Crippen molar-refractivity contribution in [1.29, 1.82) is 0 Å². The van der Waals surface area contributed by atoms with Gasteiger partial charge in [0.15, 0.2) is 5.82 Å². The van der Waals surface area contributed by atoms with Gasteiger partial charge in [-0.2, -0.15) is 4.98 Å². The number of aromatic nitrogens is 6. The molecule has 0 saturated carbocycles. The lowest BCUT2D eigenvalue weighted by molar-refractivity contribution is -0.0794. The summed E-state index contributed by atoms with van der Waals surface area (Å²) in [4.78, 5) is 6.48. The molecule has 0 bridgehead atoms. The smallest absolute Gasteiger partial charge is 0.260 e. The molecule has 14 heteroatoms. The molecule has 202 valence electrons. The van der Waals surface area contributed by atoms with Crippen LogP contribution in [-0.2, 0) is 4.74 Å². The molecule has 0 radical (unpaired) electrons. The number of piperidine rings is 1. The van der Waals surface area contributed by atoms with Crippen LogP contribution in [0.2, 0.25) is 0 Å². The van der Waals surface area contributed by atoms with E-state index in [1.165, 1.54) is 24.7 Å². The molecule has 0 unspecified atom stereocenters. The van der Waals surface area contributed by atoms with Gasteiger partial charge in [-0.15, -0.1) is 10.2 Å². The normalized spacial score (nSPS) is 21.8. The van der Waals surface area contributed by atoms with Crippen LogP contribution >= 0.6 is 0 Å². The SMILES string of the molecule is COc1nc(N[C@@H]2CCN(C3COC3)C[C@H]2F)nn2cc(F)c(-c3ccc4nnn([C@@H](C)C(F)F)c4c3)c12. The summed E-state index contributed by atoms with van der Waals surface area (Å²) in [5, 5.41) is 15.2. The number of anilines is 1. The molecule has 1 aromatic carbocycles. The minimum Gasteiger partial charge on any atom is -0.479 e. The van der Waals surface area contributed by atoms with Crippen molar-refractivity contribution in [1.82, 2.24) is 34.5 Å². The van der Waals surface area contributed by atoms with Gasteiger partial charge in [-0.05, 0) is 31.0 Å². The molecule has 0 amide bonds. The predicted molar refractivity (Wildman–Crippen MR) is 130 cm³/mol. The van der Waals surface area contributed by atoms with Crippen LogP contribution in [0.25, 0.3) is 27.7 Å². The number of methoxy groups -OCH3 is 1. The largest absolute Gasteiger partial charge is 0.479 e. The Kier molecular flexibility index (Phi) is 6.30. The van der Waals surface area contributed by atoms with E-state index < -0.39 is 30.5 Å². The lowest BCUT2D eigenvalue weighted by atomic mass is 10.0. The number of nitrogens with one attached hydrogen (secondary N) is 1. The van der Waals surface area contributed by atoms with Gasteiger partial charge in [0.25, 0.3) is 6.43 Å². The zero-order valence-corrected chi connectivity index (χ0v) is 20.7. The maximum atomic E-state index is 15.3. The van der Waals surface area contributed by atoms with Crippen LogP contribution in [0.1, 0.15) is 19.4 Å². The number of likely N-dealkylation sites (tertiary alicyclic amines) is 1. The van der Waals surface area contributed by atoms with Gasteiger partial charge in [0, 0.05) is 13.1 Å². The Labute approximate surface area is 214 Å². The van der Waals surface area contributed by atoms with Crippen LogP contribution in [0.3, 0.4) is 0 Å². The van der Waals surface area contributed by atoms with E-state index in [1.807, 2.05) is 0 Å². The van der Waals surface area contributed by atoms with E-state index in [9.17, 15) is 13.2 Å². The molecule has 5 heterocycles. The molecule has 0 spiro atoms. The standard InChI is InChI=1S/C24H26F4N8O2/c1-12(22(27)28)36-19-7-13(3-4-18(19)31-33-36)20-16(26)9-35-21(20)23(37-2)30-24(32-35)29-17-5-6-34(8-15(17)25)14-10-38-11-14/h3-4,7,9,12,14-15,17,22H,5-6,8,10-11H2,1-2H3,(H,29,32)/t12-,15+,17+/m0/s1. The maximum absolute atomic E-state index is 15.3. The Morgan fingerprint density at radius 1 is 1.24 bits per heavy atom. The summed E-state index contributed by atoms with van der Waals surface area (Å²) >= 11 is 0. The highest BCUT2D eigenvalue weighted by molar-refractivity contribution is 5.89. The van der Waals surface area contributed by atoms with Gasteiger partial charge in [0.05, 0.1) is 49.7 Å². The van der Waals surface area contributed by atoms with Crippen molar-refractivity contribution in [2.75, 3.05) is 38.7 Å². The summed E-state index contributed by atoms with van der Waals surface area (Å²) in [6, 6.07) is 3.28. The van der Waals surface area contributed by atoms with E-state index in [1.54, 1.807) is 18.2 Å². The van der Waals surface area contributed by atoms with Gasteiger partial charge in [-0.1, -0.05) is 11.3 Å². The summed E-state index contributed by atoms with van der Waals surface area (Å²) in [7, 11) is 1.39. The first kappa shape index (κ1) is 24.8. The molecule has 4 aromatic rings. The molecule has 3 atom stereocenters. The van der Waals surface area contributed by atoms with E-state index in [4.69, 9.17) is 9.47 Å². The number of halogens is 4. The molecular weight excluding hydrogens is 508 g/mol. The lowest BCUT2D eigenvalue weighted by Crippen LogP contribution is -2.57. The van der Waals surface area contributed by atoms with Crippen LogP contribution < -0.4 is 10.1 Å². The van der Waals surface area contributed by atoms with Crippen LogP contribution in [0.5, 0.6) is 5.88 Å². The van der Waals surface area contributed by atoms with Gasteiger partial charge >= 0.3 is 0 Å². The quantitative estimate of drug-likeness (QED) is 0.361. The minimum absolute atomic E-state index is 0.0774. The predicted octanol–water partition coefficient (Wildman–Crippen LogP) is 3.34. The Balaban J connectivity index is 1.33. The van der Waals surface area contributed by atoms with Crippen molar-refractivity contribution in [3.63, 3.8) is 0 Å². The highest BCUT2D eigenvalue weighted by atomic mass is 19.3. The molecule has 2 aliphatic rings. The Morgan fingerprint density at radius 2 is 2.05 bits per heavy atom. The van der Waals surface area contributed by atoms with Crippen LogP contribution in [0.15, 0.2) is 24.4 Å². The van der Waals surface area contributed by atoms with E-state index >= 15 is 4.39 Å². The molecule has 2 aliphatic heterocycles. The Bertz CT molecular complexity index is 1470.